The molecule has 4 aromatic rings. The van der Waals surface area contributed by atoms with Crippen molar-refractivity contribution in [2.24, 2.45) is 0 Å². The van der Waals surface area contributed by atoms with Gasteiger partial charge in [-0.2, -0.15) is 5.26 Å². The topological polar surface area (TPSA) is 101 Å². The second-order valence-corrected chi connectivity index (χ2v) is 8.37. The molecule has 1 aliphatic carbocycles. The second-order valence-electron chi connectivity index (χ2n) is 7.34. The van der Waals surface area contributed by atoms with Crippen molar-refractivity contribution in [2.75, 3.05) is 7.11 Å². The van der Waals surface area contributed by atoms with Gasteiger partial charge in [0.2, 0.25) is 5.88 Å². The highest BCUT2D eigenvalue weighted by atomic mass is 32.1. The number of fused-ring (bicyclic) bond motifs is 2. The van der Waals surface area contributed by atoms with Crippen LogP contribution in [0.1, 0.15) is 24.8 Å². The molecule has 0 amide bonds. The molecule has 156 valence electrons. The Hall–Kier alpha value is -3.35. The summed E-state index contributed by atoms with van der Waals surface area (Å²) >= 11 is 1.35. The summed E-state index contributed by atoms with van der Waals surface area (Å²) in [5.74, 6) is -0.0757. The fourth-order valence-electron chi connectivity index (χ4n) is 3.78. The highest BCUT2D eigenvalue weighted by Gasteiger charge is 2.28. The van der Waals surface area contributed by atoms with E-state index in [9.17, 15) is 14.8 Å². The molecule has 2 heterocycles. The molecule has 1 fully saturated rings. The number of nitriles is 1. The number of hydrogen-bond donors (Lipinski definition) is 1. The molecule has 2 aromatic carbocycles. The van der Waals surface area contributed by atoms with Crippen LogP contribution in [0, 0.1) is 17.1 Å². The predicted octanol–water partition coefficient (Wildman–Crippen LogP) is 4.22. The standard InChI is InChI=1S/C22H17FN4O3S/c1-29-20-10-25-21-12(5-11(9-24)6-15(21)26-20)22-27-14-7-13(23)18(8-19(14)31-22)30-17-4-2-3-16(17)28/h5-8,10,16-17,28H,2-4H2,1H3/t16-,17+/m1/s1. The van der Waals surface area contributed by atoms with Crippen LogP contribution in [0.5, 0.6) is 11.6 Å². The van der Waals surface area contributed by atoms with E-state index in [0.29, 0.717) is 51.4 Å². The molecule has 5 rings (SSSR count). The minimum absolute atomic E-state index is 0.105. The number of aliphatic hydroxyl groups excluding tert-OH is 1. The molecule has 31 heavy (non-hydrogen) atoms. The summed E-state index contributed by atoms with van der Waals surface area (Å²) in [6.45, 7) is 0. The fraction of sp³-hybridized carbons (Fsp3) is 0.273. The summed E-state index contributed by atoms with van der Waals surface area (Å²) in [6.07, 6.45) is 2.73. The number of aromatic nitrogens is 3. The number of benzene rings is 2. The van der Waals surface area contributed by atoms with E-state index in [1.165, 1.54) is 30.7 Å². The van der Waals surface area contributed by atoms with E-state index in [1.807, 2.05) is 0 Å². The van der Waals surface area contributed by atoms with Crippen molar-refractivity contribution >= 4 is 32.6 Å². The Morgan fingerprint density at radius 3 is 2.81 bits per heavy atom. The van der Waals surface area contributed by atoms with E-state index >= 15 is 0 Å². The lowest BCUT2D eigenvalue weighted by atomic mass is 10.1. The van der Waals surface area contributed by atoms with E-state index < -0.39 is 18.0 Å². The van der Waals surface area contributed by atoms with Crippen LogP contribution >= 0.6 is 11.3 Å². The third-order valence-corrected chi connectivity index (χ3v) is 6.38. The Morgan fingerprint density at radius 2 is 2.06 bits per heavy atom. The van der Waals surface area contributed by atoms with Gasteiger partial charge in [-0.15, -0.1) is 11.3 Å². The van der Waals surface area contributed by atoms with Gasteiger partial charge in [-0.05, 0) is 31.4 Å². The molecule has 1 N–H and O–H groups in total. The van der Waals surface area contributed by atoms with E-state index in [-0.39, 0.29) is 5.75 Å². The molecule has 7 nitrogen and oxygen atoms in total. The number of rotatable bonds is 4. The average molecular weight is 436 g/mol. The molecule has 0 unspecified atom stereocenters. The minimum Gasteiger partial charge on any atom is -0.485 e. The maximum Gasteiger partial charge on any atom is 0.232 e. The van der Waals surface area contributed by atoms with Crippen LogP contribution in [-0.2, 0) is 0 Å². The number of aliphatic hydroxyl groups is 1. The zero-order valence-electron chi connectivity index (χ0n) is 16.5. The molecule has 0 spiro atoms. The van der Waals surface area contributed by atoms with Gasteiger partial charge >= 0.3 is 0 Å². The average Bonchev–Trinajstić information content (AvgIpc) is 3.38. The van der Waals surface area contributed by atoms with Gasteiger partial charge in [0.1, 0.15) is 11.1 Å². The number of thiazole rings is 1. The summed E-state index contributed by atoms with van der Waals surface area (Å²) in [7, 11) is 1.50. The first-order valence-electron chi connectivity index (χ1n) is 9.76. The number of nitrogens with zero attached hydrogens (tertiary/aromatic N) is 4. The van der Waals surface area contributed by atoms with Gasteiger partial charge in [0.25, 0.3) is 0 Å². The first kappa shape index (κ1) is 19.6. The molecule has 9 heteroatoms. The first-order chi connectivity index (χ1) is 15.1. The fourth-order valence-corrected chi connectivity index (χ4v) is 4.77. The molecule has 1 aliphatic rings. The van der Waals surface area contributed by atoms with E-state index in [1.54, 1.807) is 18.2 Å². The SMILES string of the molecule is COc1cnc2c(-c3nc4cc(F)c(O[C@H]5CCC[C@H]5O)cc4s3)cc(C#N)cc2n1. The third-order valence-electron chi connectivity index (χ3n) is 5.33. The molecule has 2 aromatic heterocycles. The van der Waals surface area contributed by atoms with Crippen LogP contribution < -0.4 is 9.47 Å². The van der Waals surface area contributed by atoms with E-state index in [2.05, 4.69) is 21.0 Å². The molecule has 2 atom stereocenters. The lowest BCUT2D eigenvalue weighted by molar-refractivity contribution is 0.0580. The van der Waals surface area contributed by atoms with Crippen molar-refractivity contribution in [1.29, 1.82) is 5.26 Å². The number of methoxy groups -OCH3 is 1. The minimum atomic E-state index is -0.581. The summed E-state index contributed by atoms with van der Waals surface area (Å²) in [5.41, 5.74) is 2.62. The van der Waals surface area contributed by atoms with Crippen molar-refractivity contribution in [3.63, 3.8) is 0 Å². The van der Waals surface area contributed by atoms with Crippen molar-refractivity contribution < 1.29 is 19.0 Å². The van der Waals surface area contributed by atoms with Crippen molar-refractivity contribution in [2.45, 2.75) is 31.5 Å². The van der Waals surface area contributed by atoms with Gasteiger partial charge in [-0.25, -0.2) is 19.3 Å². The largest absolute Gasteiger partial charge is 0.485 e. The van der Waals surface area contributed by atoms with Crippen LogP contribution in [0.3, 0.4) is 0 Å². The van der Waals surface area contributed by atoms with Gasteiger partial charge in [-0.1, -0.05) is 0 Å². The Labute approximate surface area is 180 Å². The Kier molecular flexibility index (Phi) is 4.88. The van der Waals surface area contributed by atoms with Gasteiger partial charge in [-0.3, -0.25) is 0 Å². The highest BCUT2D eigenvalue weighted by Crippen LogP contribution is 2.37. The lowest BCUT2D eigenvalue weighted by Crippen LogP contribution is -2.25. The number of ether oxygens (including phenoxy) is 2. The van der Waals surface area contributed by atoms with Gasteiger partial charge in [0.15, 0.2) is 11.6 Å². The van der Waals surface area contributed by atoms with Crippen molar-refractivity contribution in [3.05, 3.63) is 41.8 Å². The summed E-state index contributed by atoms with van der Waals surface area (Å²) in [4.78, 5) is 13.4. The molecular formula is C22H17FN4O3S. The quantitative estimate of drug-likeness (QED) is 0.511. The third kappa shape index (κ3) is 3.54. The number of hydrogen-bond acceptors (Lipinski definition) is 8. The monoisotopic (exact) mass is 436 g/mol. The van der Waals surface area contributed by atoms with Crippen LogP contribution in [-0.4, -0.2) is 39.4 Å². The zero-order chi connectivity index (χ0) is 21.5. The number of halogens is 1. The maximum atomic E-state index is 14.6. The Balaban J connectivity index is 1.60. The lowest BCUT2D eigenvalue weighted by Gasteiger charge is -2.17. The van der Waals surface area contributed by atoms with Gasteiger partial charge in [0, 0.05) is 17.7 Å². The van der Waals surface area contributed by atoms with Crippen LogP contribution in [0.25, 0.3) is 31.8 Å². The van der Waals surface area contributed by atoms with Crippen LogP contribution in [0.15, 0.2) is 30.5 Å². The zero-order valence-corrected chi connectivity index (χ0v) is 17.3. The van der Waals surface area contributed by atoms with Crippen molar-refractivity contribution in [1.82, 2.24) is 15.0 Å². The smallest absolute Gasteiger partial charge is 0.232 e. The molecule has 0 saturated heterocycles. The molecular weight excluding hydrogens is 419 g/mol. The van der Waals surface area contributed by atoms with Gasteiger partial charge < -0.3 is 14.6 Å². The normalized spacial score (nSPS) is 18.4. The highest BCUT2D eigenvalue weighted by molar-refractivity contribution is 7.21. The summed E-state index contributed by atoms with van der Waals surface area (Å²) in [5, 5.41) is 20.0. The molecule has 1 saturated carbocycles. The summed E-state index contributed by atoms with van der Waals surface area (Å²) in [6, 6.07) is 8.41. The first-order valence-corrected chi connectivity index (χ1v) is 10.6. The van der Waals surface area contributed by atoms with E-state index in [0.717, 1.165) is 11.1 Å². The van der Waals surface area contributed by atoms with Crippen LogP contribution in [0.4, 0.5) is 4.39 Å². The molecule has 0 aliphatic heterocycles. The van der Waals surface area contributed by atoms with Crippen LogP contribution in [0.2, 0.25) is 0 Å². The van der Waals surface area contributed by atoms with E-state index in [4.69, 9.17) is 9.47 Å². The maximum absolute atomic E-state index is 14.6. The predicted molar refractivity (Wildman–Crippen MR) is 114 cm³/mol. The molecule has 0 radical (unpaired) electrons. The Bertz CT molecular complexity index is 1350. The Morgan fingerprint density at radius 1 is 1.19 bits per heavy atom. The second kappa shape index (κ2) is 7.72. The van der Waals surface area contributed by atoms with Crippen molar-refractivity contribution in [3.8, 4) is 28.3 Å². The molecule has 0 bridgehead atoms. The summed E-state index contributed by atoms with van der Waals surface area (Å²) < 4.78 is 26.3. The van der Waals surface area contributed by atoms with Gasteiger partial charge in [0.05, 0.1) is 52.3 Å².